The first-order valence-electron chi connectivity index (χ1n) is 10.4. The van der Waals surface area contributed by atoms with Crippen LogP contribution in [0.2, 0.25) is 0 Å². The topological polar surface area (TPSA) is 180 Å². The average Bonchev–Trinajstić information content (AvgIpc) is 2.87. The number of allylic oxidation sites excluding steroid dienone is 1. The summed E-state index contributed by atoms with van der Waals surface area (Å²) >= 11 is 0. The van der Waals surface area contributed by atoms with Gasteiger partial charge in [-0.3, -0.25) is 9.69 Å². The van der Waals surface area contributed by atoms with Gasteiger partial charge in [0, 0.05) is 5.69 Å². The van der Waals surface area contributed by atoms with Gasteiger partial charge < -0.3 is 25.4 Å². The third-order valence-corrected chi connectivity index (χ3v) is 5.53. The minimum absolute atomic E-state index is 0.00207. The van der Waals surface area contributed by atoms with Gasteiger partial charge >= 0.3 is 23.9 Å². The third kappa shape index (κ3) is 4.60. The molecule has 2 aromatic rings. The van der Waals surface area contributed by atoms with Crippen molar-refractivity contribution in [2.75, 3.05) is 19.1 Å². The van der Waals surface area contributed by atoms with E-state index in [0.717, 1.165) is 25.2 Å². The Morgan fingerprint density at radius 2 is 1.67 bits per heavy atom. The van der Waals surface area contributed by atoms with Crippen molar-refractivity contribution >= 4 is 29.6 Å². The van der Waals surface area contributed by atoms with Gasteiger partial charge in [-0.25, -0.2) is 14.4 Å². The van der Waals surface area contributed by atoms with Crippen LogP contribution < -0.4 is 10.6 Å². The maximum absolute atomic E-state index is 13.0. The van der Waals surface area contributed by atoms with Crippen LogP contribution >= 0.6 is 0 Å². The largest absolute Gasteiger partial charge is 0.481 e. The summed E-state index contributed by atoms with van der Waals surface area (Å²) in [6, 6.07) is 14.0. The molecule has 0 saturated carbocycles. The lowest BCUT2D eigenvalue weighted by Gasteiger charge is -2.36. The molecule has 1 aliphatic heterocycles. The van der Waals surface area contributed by atoms with E-state index in [1.165, 1.54) is 12.1 Å². The highest BCUT2D eigenvalue weighted by molar-refractivity contribution is 6.06. The van der Waals surface area contributed by atoms with Crippen LogP contribution in [0.3, 0.4) is 0 Å². The van der Waals surface area contributed by atoms with E-state index < -0.39 is 36.2 Å². The first kappa shape index (κ1) is 25.5. The number of rotatable bonds is 7. The molecule has 11 nitrogen and oxygen atoms in total. The molecule has 184 valence electrons. The maximum atomic E-state index is 13.0. The summed E-state index contributed by atoms with van der Waals surface area (Å²) in [5, 5.41) is 28.8. The second-order valence-corrected chi connectivity index (χ2v) is 7.55. The van der Waals surface area contributed by atoms with Crippen molar-refractivity contribution in [3.8, 4) is 6.07 Å². The molecular formula is C25H21N3O8. The Kier molecular flexibility index (Phi) is 7.40. The molecular weight excluding hydrogens is 470 g/mol. The Bertz CT molecular complexity index is 1360. The minimum atomic E-state index is -1.42. The number of carbonyl (C=O) groups is 4. The minimum Gasteiger partial charge on any atom is -0.481 e. The zero-order valence-electron chi connectivity index (χ0n) is 19.2. The standard InChI is InChI=1S/C25H21N3O8/c1-35-24(33)20-19(13-6-4-3-5-7-13)17(12-26)22(27)28(21(20)25(34)36-2)15-9-8-14(10-18(29)30)16(11-15)23(31)32/h3-9,11,19H,10,27H2,1-2H3,(H,29,30)(H,31,32). The number of nitrogens with two attached hydrogens (primary N) is 1. The molecule has 3 rings (SSSR count). The number of nitrogens with zero attached hydrogens (tertiary/aromatic N) is 2. The molecule has 0 amide bonds. The van der Waals surface area contributed by atoms with E-state index in [-0.39, 0.29) is 39.5 Å². The summed E-state index contributed by atoms with van der Waals surface area (Å²) in [5.41, 5.74) is 5.75. The summed E-state index contributed by atoms with van der Waals surface area (Å²) in [6.07, 6.45) is -0.570. The number of benzene rings is 2. The number of nitriles is 1. The third-order valence-electron chi connectivity index (χ3n) is 5.53. The smallest absolute Gasteiger partial charge is 0.355 e. The lowest BCUT2D eigenvalue weighted by molar-refractivity contribution is -0.139. The van der Waals surface area contributed by atoms with E-state index in [1.807, 2.05) is 6.07 Å². The van der Waals surface area contributed by atoms with Gasteiger partial charge in [-0.1, -0.05) is 36.4 Å². The monoisotopic (exact) mass is 491 g/mol. The number of carboxylic acid groups (broad SMARTS) is 2. The van der Waals surface area contributed by atoms with Gasteiger partial charge in [0.1, 0.15) is 11.5 Å². The molecule has 0 aliphatic carbocycles. The first-order valence-corrected chi connectivity index (χ1v) is 10.4. The number of methoxy groups -OCH3 is 2. The first-order chi connectivity index (χ1) is 17.2. The molecule has 0 spiro atoms. The highest BCUT2D eigenvalue weighted by atomic mass is 16.5. The van der Waals surface area contributed by atoms with E-state index in [4.69, 9.17) is 20.3 Å². The number of hydrogen-bond donors (Lipinski definition) is 3. The molecule has 11 heteroatoms. The van der Waals surface area contributed by atoms with Gasteiger partial charge in [-0.05, 0) is 23.3 Å². The lowest BCUT2D eigenvalue weighted by Crippen LogP contribution is -2.40. The second-order valence-electron chi connectivity index (χ2n) is 7.55. The molecule has 0 aromatic heterocycles. The second kappa shape index (κ2) is 10.4. The predicted octanol–water partition coefficient (Wildman–Crippen LogP) is 1.91. The van der Waals surface area contributed by atoms with Gasteiger partial charge in [0.15, 0.2) is 0 Å². The number of esters is 2. The number of aromatic carboxylic acids is 1. The van der Waals surface area contributed by atoms with Crippen LogP contribution in [-0.4, -0.2) is 48.3 Å². The summed E-state index contributed by atoms with van der Waals surface area (Å²) in [6.45, 7) is 0. The molecule has 36 heavy (non-hydrogen) atoms. The van der Waals surface area contributed by atoms with Crippen molar-refractivity contribution in [2.45, 2.75) is 12.3 Å². The van der Waals surface area contributed by atoms with E-state index in [0.29, 0.717) is 5.56 Å². The SMILES string of the molecule is COC(=O)C1=C(C(=O)OC)N(c2ccc(CC(=O)O)c(C(=O)O)c2)C(N)=C(C#N)C1c1ccccc1. The van der Waals surface area contributed by atoms with Crippen molar-refractivity contribution in [1.82, 2.24) is 0 Å². The molecule has 4 N–H and O–H groups in total. The maximum Gasteiger partial charge on any atom is 0.355 e. The Balaban J connectivity index is 2.40. The fraction of sp³-hybridized carbons (Fsp3) is 0.160. The Morgan fingerprint density at radius 3 is 2.19 bits per heavy atom. The molecule has 0 radical (unpaired) electrons. The average molecular weight is 491 g/mol. The summed E-state index contributed by atoms with van der Waals surface area (Å²) in [4.78, 5) is 50.2. The Morgan fingerprint density at radius 1 is 1.03 bits per heavy atom. The quantitative estimate of drug-likeness (QED) is 0.481. The van der Waals surface area contributed by atoms with Crippen LogP contribution in [0.15, 0.2) is 71.2 Å². The van der Waals surface area contributed by atoms with Crippen molar-refractivity contribution < 1.29 is 38.9 Å². The molecule has 0 saturated heterocycles. The zero-order chi connectivity index (χ0) is 26.6. The summed E-state index contributed by atoms with van der Waals surface area (Å²) in [5.74, 6) is -5.94. The zero-order valence-corrected chi connectivity index (χ0v) is 19.2. The van der Waals surface area contributed by atoms with E-state index in [9.17, 15) is 29.5 Å². The highest BCUT2D eigenvalue weighted by Crippen LogP contribution is 2.43. The Labute approximate surface area is 205 Å². The number of carbonyl (C=O) groups excluding carboxylic acids is 2. The van der Waals surface area contributed by atoms with Crippen molar-refractivity contribution in [1.29, 1.82) is 5.26 Å². The number of aliphatic carboxylic acids is 1. The number of anilines is 1. The van der Waals surface area contributed by atoms with Crippen molar-refractivity contribution in [3.05, 3.63) is 87.9 Å². The molecule has 1 aliphatic rings. The van der Waals surface area contributed by atoms with Gasteiger partial charge in [-0.15, -0.1) is 0 Å². The van der Waals surface area contributed by atoms with Crippen LogP contribution in [0, 0.1) is 11.3 Å². The highest BCUT2D eigenvalue weighted by Gasteiger charge is 2.43. The van der Waals surface area contributed by atoms with Crippen LogP contribution in [0.1, 0.15) is 27.4 Å². The summed E-state index contributed by atoms with van der Waals surface area (Å²) < 4.78 is 9.86. The fourth-order valence-corrected chi connectivity index (χ4v) is 4.00. The molecule has 1 heterocycles. The normalized spacial score (nSPS) is 15.2. The van der Waals surface area contributed by atoms with E-state index in [1.54, 1.807) is 30.3 Å². The summed E-state index contributed by atoms with van der Waals surface area (Å²) in [7, 11) is 2.19. The number of carboxylic acids is 2. The van der Waals surface area contributed by atoms with Crippen molar-refractivity contribution in [2.24, 2.45) is 5.73 Å². The molecule has 0 bridgehead atoms. The predicted molar refractivity (Wildman–Crippen MR) is 124 cm³/mol. The van der Waals surface area contributed by atoms with E-state index in [2.05, 4.69) is 0 Å². The van der Waals surface area contributed by atoms with Crippen LogP contribution in [0.4, 0.5) is 5.69 Å². The lowest BCUT2D eigenvalue weighted by atomic mass is 9.81. The van der Waals surface area contributed by atoms with Crippen LogP contribution in [-0.2, 0) is 30.3 Å². The van der Waals surface area contributed by atoms with Crippen LogP contribution in [0.5, 0.6) is 0 Å². The molecule has 1 unspecified atom stereocenters. The van der Waals surface area contributed by atoms with E-state index >= 15 is 0 Å². The van der Waals surface area contributed by atoms with Gasteiger partial charge in [-0.2, -0.15) is 5.26 Å². The molecule has 1 atom stereocenters. The Hall–Kier alpha value is -5.11. The van der Waals surface area contributed by atoms with Crippen molar-refractivity contribution in [3.63, 3.8) is 0 Å². The van der Waals surface area contributed by atoms with Gasteiger partial charge in [0.25, 0.3) is 0 Å². The van der Waals surface area contributed by atoms with Crippen LogP contribution in [0.25, 0.3) is 0 Å². The van der Waals surface area contributed by atoms with Gasteiger partial charge in [0.2, 0.25) is 0 Å². The number of ether oxygens (including phenoxy) is 2. The molecule has 2 aromatic carbocycles. The fourth-order valence-electron chi connectivity index (χ4n) is 4.00. The van der Waals surface area contributed by atoms with Gasteiger partial charge in [0.05, 0.1) is 49.3 Å². The molecule has 0 fully saturated rings. The number of hydrogen-bond acceptors (Lipinski definition) is 9.